The van der Waals surface area contributed by atoms with Crippen molar-refractivity contribution in [3.8, 4) is 11.8 Å². The van der Waals surface area contributed by atoms with Crippen molar-refractivity contribution in [1.29, 1.82) is 5.26 Å². The van der Waals surface area contributed by atoms with Gasteiger partial charge in [-0.05, 0) is 62.3 Å². The standard InChI is InChI=1S/C24H32N2O4Si/c1-23(2,3)31(6,7)29-15-17-9-8-12-26(22(17)28)20-18-13-16(14-25)10-11-19(18)30-24(4,5)21(20)27/h8-13,20-21,27H,15H2,1-7H3. The minimum Gasteiger partial charge on any atom is -0.485 e. The molecule has 1 aromatic heterocycles. The zero-order chi connectivity index (χ0) is 23.2. The molecule has 166 valence electrons. The average Bonchev–Trinajstić information content (AvgIpc) is 2.67. The molecule has 1 aliphatic rings. The van der Waals surface area contributed by atoms with Gasteiger partial charge in [0.1, 0.15) is 17.5 Å². The third-order valence-corrected chi connectivity index (χ3v) is 11.1. The molecule has 31 heavy (non-hydrogen) atoms. The second-order valence-corrected chi connectivity index (χ2v) is 15.1. The number of ether oxygens (including phenoxy) is 1. The van der Waals surface area contributed by atoms with Crippen LogP contribution >= 0.6 is 0 Å². The summed E-state index contributed by atoms with van der Waals surface area (Å²) in [6.07, 6.45) is 0.694. The molecule has 0 fully saturated rings. The van der Waals surface area contributed by atoms with Gasteiger partial charge in [0.15, 0.2) is 8.32 Å². The van der Waals surface area contributed by atoms with Gasteiger partial charge in [0, 0.05) is 17.3 Å². The van der Waals surface area contributed by atoms with E-state index in [9.17, 15) is 15.2 Å². The van der Waals surface area contributed by atoms with Crippen LogP contribution in [0.15, 0.2) is 41.3 Å². The Balaban J connectivity index is 2.06. The lowest BCUT2D eigenvalue weighted by Gasteiger charge is -2.42. The molecule has 2 aromatic rings. The number of aromatic nitrogens is 1. The van der Waals surface area contributed by atoms with Gasteiger partial charge in [0.25, 0.3) is 5.56 Å². The van der Waals surface area contributed by atoms with Gasteiger partial charge in [0.05, 0.1) is 24.3 Å². The molecule has 6 nitrogen and oxygen atoms in total. The van der Waals surface area contributed by atoms with Crippen LogP contribution < -0.4 is 10.3 Å². The molecule has 0 radical (unpaired) electrons. The van der Waals surface area contributed by atoms with Gasteiger partial charge in [-0.15, -0.1) is 0 Å². The van der Waals surface area contributed by atoms with Crippen LogP contribution in [-0.4, -0.2) is 29.7 Å². The van der Waals surface area contributed by atoms with Crippen molar-refractivity contribution in [2.24, 2.45) is 0 Å². The second-order valence-electron chi connectivity index (χ2n) is 10.3. The number of benzene rings is 1. The van der Waals surface area contributed by atoms with Crippen LogP contribution in [0.1, 0.15) is 57.4 Å². The zero-order valence-electron chi connectivity index (χ0n) is 19.4. The molecule has 0 spiro atoms. The third-order valence-electron chi connectivity index (χ3n) is 6.59. The summed E-state index contributed by atoms with van der Waals surface area (Å²) in [5, 5.41) is 20.5. The maximum Gasteiger partial charge on any atom is 0.256 e. The number of nitrogens with zero attached hydrogens (tertiary/aromatic N) is 2. The first-order valence-electron chi connectivity index (χ1n) is 10.5. The van der Waals surface area contributed by atoms with Gasteiger partial charge in [-0.2, -0.15) is 5.26 Å². The third kappa shape index (κ3) is 4.33. The van der Waals surface area contributed by atoms with Crippen LogP contribution in [0.3, 0.4) is 0 Å². The van der Waals surface area contributed by atoms with Crippen LogP contribution in [0.4, 0.5) is 0 Å². The smallest absolute Gasteiger partial charge is 0.256 e. The molecule has 0 saturated carbocycles. The Morgan fingerprint density at radius 2 is 1.97 bits per heavy atom. The highest BCUT2D eigenvalue weighted by molar-refractivity contribution is 6.74. The van der Waals surface area contributed by atoms with Crippen molar-refractivity contribution >= 4 is 8.32 Å². The average molecular weight is 441 g/mol. The van der Waals surface area contributed by atoms with Crippen molar-refractivity contribution in [2.45, 2.75) is 77.1 Å². The van der Waals surface area contributed by atoms with Gasteiger partial charge in [-0.1, -0.05) is 20.8 Å². The van der Waals surface area contributed by atoms with E-state index in [1.54, 1.807) is 54.9 Å². The molecule has 1 N–H and O–H groups in total. The minimum atomic E-state index is -2.03. The normalized spacial score (nSPS) is 20.5. The summed E-state index contributed by atoms with van der Waals surface area (Å²) < 4.78 is 13.8. The van der Waals surface area contributed by atoms with Crippen LogP contribution in [0, 0.1) is 11.3 Å². The Morgan fingerprint density at radius 1 is 1.29 bits per heavy atom. The van der Waals surface area contributed by atoms with E-state index in [4.69, 9.17) is 9.16 Å². The Morgan fingerprint density at radius 3 is 2.58 bits per heavy atom. The van der Waals surface area contributed by atoms with E-state index >= 15 is 0 Å². The number of fused-ring (bicyclic) bond motifs is 1. The summed E-state index contributed by atoms with van der Waals surface area (Å²) in [4.78, 5) is 13.4. The number of pyridine rings is 1. The summed E-state index contributed by atoms with van der Waals surface area (Å²) >= 11 is 0. The first kappa shape index (κ1) is 23.3. The molecule has 0 amide bonds. The Bertz CT molecular complexity index is 1080. The molecular weight excluding hydrogens is 408 g/mol. The lowest BCUT2D eigenvalue weighted by molar-refractivity contribution is -0.0643. The molecule has 2 atom stereocenters. The van der Waals surface area contributed by atoms with Crippen molar-refractivity contribution in [3.63, 3.8) is 0 Å². The maximum atomic E-state index is 13.4. The SMILES string of the molecule is CC1(C)Oc2ccc(C#N)cc2C(n2cccc(CO[Si](C)(C)C(C)(C)C)c2=O)C1O. The quantitative estimate of drug-likeness (QED) is 0.714. The molecule has 1 aromatic carbocycles. The number of hydrogen-bond acceptors (Lipinski definition) is 5. The monoisotopic (exact) mass is 440 g/mol. The summed E-state index contributed by atoms with van der Waals surface area (Å²) in [5.41, 5.74) is 0.497. The summed E-state index contributed by atoms with van der Waals surface area (Å²) in [6, 6.07) is 10.1. The van der Waals surface area contributed by atoms with E-state index in [2.05, 4.69) is 39.9 Å². The minimum absolute atomic E-state index is 0.0361. The van der Waals surface area contributed by atoms with Crippen molar-refractivity contribution < 1.29 is 14.3 Å². The summed E-state index contributed by atoms with van der Waals surface area (Å²) in [7, 11) is -2.03. The van der Waals surface area contributed by atoms with Gasteiger partial charge >= 0.3 is 0 Å². The largest absolute Gasteiger partial charge is 0.485 e. The number of aliphatic hydroxyl groups excluding tert-OH is 1. The van der Waals surface area contributed by atoms with Gasteiger partial charge in [-0.25, -0.2) is 0 Å². The fourth-order valence-electron chi connectivity index (χ4n) is 3.50. The van der Waals surface area contributed by atoms with E-state index in [0.717, 1.165) is 0 Å². The number of hydrogen-bond donors (Lipinski definition) is 1. The highest BCUT2D eigenvalue weighted by atomic mass is 28.4. The molecule has 0 aliphatic carbocycles. The topological polar surface area (TPSA) is 84.5 Å². The maximum absolute atomic E-state index is 13.4. The lowest BCUT2D eigenvalue weighted by Crippen LogP contribution is -2.52. The van der Waals surface area contributed by atoms with Crippen molar-refractivity contribution in [3.05, 3.63) is 63.6 Å². The first-order valence-corrected chi connectivity index (χ1v) is 13.4. The Kier molecular flexibility index (Phi) is 5.96. The van der Waals surface area contributed by atoms with E-state index in [0.29, 0.717) is 22.4 Å². The van der Waals surface area contributed by atoms with Crippen molar-refractivity contribution in [1.82, 2.24) is 4.57 Å². The summed E-state index contributed by atoms with van der Waals surface area (Å²) in [5.74, 6) is 0.564. The Labute approximate surface area is 185 Å². The molecular formula is C24H32N2O4Si. The number of aliphatic hydroxyl groups is 1. The highest BCUT2D eigenvalue weighted by Crippen LogP contribution is 2.42. The Hall–Kier alpha value is -2.40. The fraction of sp³-hybridized carbons (Fsp3) is 0.500. The van der Waals surface area contributed by atoms with Gasteiger partial charge < -0.3 is 18.8 Å². The molecule has 0 saturated heterocycles. The lowest BCUT2D eigenvalue weighted by atomic mass is 9.85. The fourth-order valence-corrected chi connectivity index (χ4v) is 4.45. The van der Waals surface area contributed by atoms with Gasteiger partial charge in [0.2, 0.25) is 0 Å². The van der Waals surface area contributed by atoms with Crippen LogP contribution in [0.5, 0.6) is 5.75 Å². The van der Waals surface area contributed by atoms with Crippen LogP contribution in [0.25, 0.3) is 0 Å². The molecule has 0 bridgehead atoms. The number of rotatable bonds is 4. The second kappa shape index (κ2) is 7.94. The predicted octanol–water partition coefficient (Wildman–Crippen LogP) is 4.36. The predicted molar refractivity (Wildman–Crippen MR) is 123 cm³/mol. The van der Waals surface area contributed by atoms with Crippen molar-refractivity contribution in [2.75, 3.05) is 0 Å². The first-order chi connectivity index (χ1) is 14.3. The van der Waals surface area contributed by atoms with E-state index in [1.165, 1.54) is 0 Å². The van der Waals surface area contributed by atoms with E-state index in [-0.39, 0.29) is 17.2 Å². The molecule has 7 heteroatoms. The molecule has 1 aliphatic heterocycles. The van der Waals surface area contributed by atoms with E-state index < -0.39 is 26.1 Å². The highest BCUT2D eigenvalue weighted by Gasteiger charge is 2.44. The van der Waals surface area contributed by atoms with Crippen LogP contribution in [0.2, 0.25) is 18.1 Å². The number of nitriles is 1. The van der Waals surface area contributed by atoms with Gasteiger partial charge in [-0.3, -0.25) is 4.79 Å². The zero-order valence-corrected chi connectivity index (χ0v) is 20.4. The molecule has 2 unspecified atom stereocenters. The molecule has 3 rings (SSSR count). The van der Waals surface area contributed by atoms with E-state index in [1.807, 2.05) is 0 Å². The summed E-state index contributed by atoms with van der Waals surface area (Å²) in [6.45, 7) is 14.6. The molecule has 2 heterocycles. The van der Waals surface area contributed by atoms with Crippen LogP contribution in [-0.2, 0) is 11.0 Å².